The second-order valence-electron chi connectivity index (χ2n) is 5.08. The summed E-state index contributed by atoms with van der Waals surface area (Å²) in [6.45, 7) is 3.20. The topological polar surface area (TPSA) is 3.24 Å². The molecule has 20 heavy (non-hydrogen) atoms. The Balaban J connectivity index is 1.96. The average molecular weight is 332 g/mol. The van der Waals surface area contributed by atoms with E-state index in [4.69, 9.17) is 0 Å². The number of unbranched alkanes of at least 4 members (excludes halogenated alkanes) is 1. The number of hydrogen-bond acceptors (Lipinski definition) is 1. The monoisotopic (exact) mass is 331 g/mol. The maximum Gasteiger partial charge on any atom is 0.0237 e. The molecule has 0 saturated heterocycles. The lowest BCUT2D eigenvalue weighted by Crippen LogP contribution is -2.24. The smallest absolute Gasteiger partial charge is 0.0237 e. The van der Waals surface area contributed by atoms with E-state index in [0.717, 1.165) is 25.0 Å². The Morgan fingerprint density at radius 3 is 1.65 bits per heavy atom. The highest BCUT2D eigenvalue weighted by molar-refractivity contribution is 9.09. The maximum atomic E-state index is 3.51. The lowest BCUT2D eigenvalue weighted by atomic mass is 10.1. The molecular formula is C18H22BrN. The van der Waals surface area contributed by atoms with Gasteiger partial charge in [0, 0.05) is 18.4 Å². The lowest BCUT2D eigenvalue weighted by molar-refractivity contribution is 0.253. The second kappa shape index (κ2) is 8.93. The van der Waals surface area contributed by atoms with Crippen LogP contribution in [0.1, 0.15) is 24.0 Å². The molecule has 2 aromatic carbocycles. The van der Waals surface area contributed by atoms with Gasteiger partial charge in [-0.2, -0.15) is 0 Å². The summed E-state index contributed by atoms with van der Waals surface area (Å²) in [5.74, 6) is 0. The molecule has 1 nitrogen and oxygen atoms in total. The van der Waals surface area contributed by atoms with Crippen molar-refractivity contribution >= 4 is 15.9 Å². The summed E-state index contributed by atoms with van der Waals surface area (Å²) in [5, 5.41) is 1.09. The number of halogens is 1. The van der Waals surface area contributed by atoms with E-state index in [2.05, 4.69) is 81.5 Å². The van der Waals surface area contributed by atoms with Crippen molar-refractivity contribution in [3.05, 3.63) is 71.8 Å². The molecule has 106 valence electrons. The second-order valence-corrected chi connectivity index (χ2v) is 5.87. The molecule has 0 heterocycles. The summed E-state index contributed by atoms with van der Waals surface area (Å²) in [6, 6.07) is 21.5. The maximum absolute atomic E-state index is 3.51. The highest BCUT2D eigenvalue weighted by atomic mass is 79.9. The molecule has 0 spiro atoms. The fourth-order valence-corrected chi connectivity index (χ4v) is 2.72. The number of rotatable bonds is 8. The molecule has 0 amide bonds. The number of alkyl halides is 1. The van der Waals surface area contributed by atoms with Crippen LogP contribution >= 0.6 is 15.9 Å². The van der Waals surface area contributed by atoms with Crippen LogP contribution in [-0.4, -0.2) is 16.8 Å². The number of benzene rings is 2. The lowest BCUT2D eigenvalue weighted by Gasteiger charge is -2.22. The predicted octanol–water partition coefficient (Wildman–Crippen LogP) is 4.86. The van der Waals surface area contributed by atoms with Crippen LogP contribution in [0.2, 0.25) is 0 Å². The summed E-state index contributed by atoms with van der Waals surface area (Å²) in [6.07, 6.45) is 2.48. The minimum absolute atomic E-state index is 1.03. The first-order chi connectivity index (χ1) is 9.88. The van der Waals surface area contributed by atoms with Gasteiger partial charge in [0.2, 0.25) is 0 Å². The zero-order chi connectivity index (χ0) is 14.0. The summed E-state index contributed by atoms with van der Waals surface area (Å²) in [7, 11) is 0. The molecule has 0 fully saturated rings. The average Bonchev–Trinajstić information content (AvgIpc) is 2.49. The molecule has 0 aliphatic rings. The van der Waals surface area contributed by atoms with Gasteiger partial charge < -0.3 is 0 Å². The largest absolute Gasteiger partial charge is 0.295 e. The van der Waals surface area contributed by atoms with Gasteiger partial charge in [-0.05, 0) is 30.5 Å². The Bertz CT molecular complexity index is 428. The van der Waals surface area contributed by atoms with Crippen molar-refractivity contribution < 1.29 is 0 Å². The van der Waals surface area contributed by atoms with E-state index in [9.17, 15) is 0 Å². The molecule has 0 unspecified atom stereocenters. The summed E-state index contributed by atoms with van der Waals surface area (Å²) in [4.78, 5) is 2.54. The molecule has 0 aliphatic carbocycles. The van der Waals surface area contributed by atoms with E-state index in [-0.39, 0.29) is 0 Å². The zero-order valence-electron chi connectivity index (χ0n) is 11.8. The normalized spacial score (nSPS) is 10.9. The molecule has 0 saturated carbocycles. The van der Waals surface area contributed by atoms with E-state index in [0.29, 0.717) is 0 Å². The van der Waals surface area contributed by atoms with Gasteiger partial charge in [-0.15, -0.1) is 0 Å². The Hall–Kier alpha value is -1.12. The third kappa shape index (κ3) is 5.48. The first kappa shape index (κ1) is 15.3. The molecule has 2 heteroatoms. The van der Waals surface area contributed by atoms with E-state index in [1.807, 2.05) is 0 Å². The molecule has 0 aromatic heterocycles. The molecule has 0 bridgehead atoms. The van der Waals surface area contributed by atoms with Crippen LogP contribution in [0.5, 0.6) is 0 Å². The molecule has 0 atom stereocenters. The van der Waals surface area contributed by atoms with Gasteiger partial charge in [-0.25, -0.2) is 0 Å². The predicted molar refractivity (Wildman–Crippen MR) is 90.0 cm³/mol. The number of hydrogen-bond donors (Lipinski definition) is 0. The van der Waals surface area contributed by atoms with Gasteiger partial charge in [0.25, 0.3) is 0 Å². The minimum atomic E-state index is 1.03. The fourth-order valence-electron chi connectivity index (χ4n) is 2.33. The summed E-state index contributed by atoms with van der Waals surface area (Å²) < 4.78 is 0. The van der Waals surface area contributed by atoms with Crippen LogP contribution in [0.25, 0.3) is 0 Å². The molecular weight excluding hydrogens is 310 g/mol. The van der Waals surface area contributed by atoms with Gasteiger partial charge in [0.05, 0.1) is 0 Å². The van der Waals surface area contributed by atoms with Crippen LogP contribution in [0.15, 0.2) is 60.7 Å². The van der Waals surface area contributed by atoms with Crippen molar-refractivity contribution in [3.8, 4) is 0 Å². The summed E-state index contributed by atoms with van der Waals surface area (Å²) in [5.41, 5.74) is 2.78. The molecule has 0 radical (unpaired) electrons. The van der Waals surface area contributed by atoms with Crippen LogP contribution in [0.3, 0.4) is 0 Å². The Morgan fingerprint density at radius 2 is 1.20 bits per heavy atom. The van der Waals surface area contributed by atoms with E-state index in [1.165, 1.54) is 24.0 Å². The Kier molecular flexibility index (Phi) is 6.82. The van der Waals surface area contributed by atoms with Crippen molar-refractivity contribution in [1.82, 2.24) is 4.90 Å². The summed E-state index contributed by atoms with van der Waals surface area (Å²) >= 11 is 3.51. The van der Waals surface area contributed by atoms with Crippen molar-refractivity contribution in [2.24, 2.45) is 0 Å². The molecule has 2 aromatic rings. The zero-order valence-corrected chi connectivity index (χ0v) is 13.4. The van der Waals surface area contributed by atoms with Crippen molar-refractivity contribution in [3.63, 3.8) is 0 Å². The minimum Gasteiger partial charge on any atom is -0.295 e. The van der Waals surface area contributed by atoms with Crippen molar-refractivity contribution in [2.45, 2.75) is 25.9 Å². The van der Waals surface area contributed by atoms with Crippen LogP contribution in [0, 0.1) is 0 Å². The molecule has 0 N–H and O–H groups in total. The van der Waals surface area contributed by atoms with Gasteiger partial charge >= 0.3 is 0 Å². The van der Waals surface area contributed by atoms with Gasteiger partial charge in [-0.3, -0.25) is 4.90 Å². The van der Waals surface area contributed by atoms with Crippen molar-refractivity contribution in [2.75, 3.05) is 11.9 Å². The number of nitrogens with zero attached hydrogens (tertiary/aromatic N) is 1. The van der Waals surface area contributed by atoms with E-state index in [1.54, 1.807) is 0 Å². The SMILES string of the molecule is BrCCCCN(Cc1ccccc1)Cc1ccccc1. The molecule has 2 rings (SSSR count). The first-order valence-corrected chi connectivity index (χ1v) is 8.37. The van der Waals surface area contributed by atoms with Crippen LogP contribution in [0.4, 0.5) is 0 Å². The van der Waals surface area contributed by atoms with Gasteiger partial charge in [-0.1, -0.05) is 76.6 Å². The molecule has 0 aliphatic heterocycles. The Labute approximate surface area is 130 Å². The Morgan fingerprint density at radius 1 is 0.700 bits per heavy atom. The van der Waals surface area contributed by atoms with Gasteiger partial charge in [0.15, 0.2) is 0 Å². The highest BCUT2D eigenvalue weighted by Gasteiger charge is 2.06. The third-order valence-corrected chi connectivity index (χ3v) is 3.92. The van der Waals surface area contributed by atoms with Crippen LogP contribution < -0.4 is 0 Å². The fraction of sp³-hybridized carbons (Fsp3) is 0.333. The highest BCUT2D eigenvalue weighted by Crippen LogP contribution is 2.11. The first-order valence-electron chi connectivity index (χ1n) is 7.24. The third-order valence-electron chi connectivity index (χ3n) is 3.36. The van der Waals surface area contributed by atoms with Crippen LogP contribution in [-0.2, 0) is 13.1 Å². The van der Waals surface area contributed by atoms with Crippen molar-refractivity contribution in [1.29, 1.82) is 0 Å². The quantitative estimate of drug-likeness (QED) is 0.493. The van der Waals surface area contributed by atoms with Gasteiger partial charge in [0.1, 0.15) is 0 Å². The standard InChI is InChI=1S/C18H22BrN/c19-13-7-8-14-20(15-17-9-3-1-4-10-17)16-18-11-5-2-6-12-18/h1-6,9-12H,7-8,13-16H2. The van der Waals surface area contributed by atoms with E-state index >= 15 is 0 Å². The van der Waals surface area contributed by atoms with E-state index < -0.39 is 0 Å².